The minimum absolute atomic E-state index is 0.154. The van der Waals surface area contributed by atoms with Gasteiger partial charge in [-0.25, -0.2) is 4.79 Å². The van der Waals surface area contributed by atoms with E-state index in [2.05, 4.69) is 0 Å². The second kappa shape index (κ2) is 7.29. The Kier molecular flexibility index (Phi) is 5.41. The summed E-state index contributed by atoms with van der Waals surface area (Å²) in [5.41, 5.74) is 0.876. The number of rotatable bonds is 6. The summed E-state index contributed by atoms with van der Waals surface area (Å²) in [4.78, 5) is 12.0. The Labute approximate surface area is 119 Å². The van der Waals surface area contributed by atoms with Crippen molar-refractivity contribution in [2.75, 3.05) is 6.61 Å². The van der Waals surface area contributed by atoms with Crippen LogP contribution in [0.3, 0.4) is 0 Å². The first-order valence-electron chi connectivity index (χ1n) is 7.29. The fourth-order valence-corrected chi connectivity index (χ4v) is 2.58. The van der Waals surface area contributed by atoms with Gasteiger partial charge in [-0.05, 0) is 37.5 Å². The van der Waals surface area contributed by atoms with Crippen LogP contribution in [0.4, 0.5) is 0 Å². The smallest absolute Gasteiger partial charge is 0.335 e. The standard InChI is InChI=1S/C16H22O4/c1-2-19-16(18)15(20-14-8-3-4-9-14)11-12-6-5-7-13(17)10-12/h5-7,10,14-15,17H,2-4,8-9,11H2,1H3. The van der Waals surface area contributed by atoms with Gasteiger partial charge in [0.05, 0.1) is 12.7 Å². The maximum absolute atomic E-state index is 12.0. The average Bonchev–Trinajstić information content (AvgIpc) is 2.91. The molecule has 4 heteroatoms. The van der Waals surface area contributed by atoms with Crippen molar-refractivity contribution in [2.45, 2.75) is 51.2 Å². The fraction of sp³-hybridized carbons (Fsp3) is 0.562. The Morgan fingerprint density at radius 1 is 1.40 bits per heavy atom. The van der Waals surface area contributed by atoms with Crippen LogP contribution in [-0.2, 0) is 20.7 Å². The lowest BCUT2D eigenvalue weighted by molar-refractivity contribution is -0.160. The number of carbonyl (C=O) groups is 1. The Balaban J connectivity index is 2.02. The third kappa shape index (κ3) is 4.23. The maximum atomic E-state index is 12.0. The lowest BCUT2D eigenvalue weighted by atomic mass is 10.1. The van der Waals surface area contributed by atoms with Crippen LogP contribution in [0, 0.1) is 0 Å². The highest BCUT2D eigenvalue weighted by atomic mass is 16.6. The normalized spacial score (nSPS) is 17.1. The molecule has 0 aromatic heterocycles. The van der Waals surface area contributed by atoms with E-state index in [0.29, 0.717) is 13.0 Å². The Morgan fingerprint density at radius 3 is 2.80 bits per heavy atom. The summed E-state index contributed by atoms with van der Waals surface area (Å²) in [5.74, 6) is -0.117. The van der Waals surface area contributed by atoms with Gasteiger partial charge in [0, 0.05) is 6.42 Å². The quantitative estimate of drug-likeness (QED) is 0.813. The molecule has 1 aromatic rings. The number of phenolic OH excluding ortho intramolecular Hbond substituents is 1. The van der Waals surface area contributed by atoms with Crippen LogP contribution >= 0.6 is 0 Å². The van der Waals surface area contributed by atoms with E-state index < -0.39 is 6.10 Å². The molecular formula is C16H22O4. The number of phenols is 1. The van der Waals surface area contributed by atoms with E-state index in [1.165, 1.54) is 0 Å². The van der Waals surface area contributed by atoms with E-state index >= 15 is 0 Å². The van der Waals surface area contributed by atoms with E-state index in [1.807, 2.05) is 6.07 Å². The molecular weight excluding hydrogens is 256 g/mol. The van der Waals surface area contributed by atoms with Crippen molar-refractivity contribution in [3.8, 4) is 5.75 Å². The SMILES string of the molecule is CCOC(=O)C(Cc1cccc(O)c1)OC1CCCC1. The zero-order valence-corrected chi connectivity index (χ0v) is 11.9. The predicted octanol–water partition coefficient (Wildman–Crippen LogP) is 2.83. The van der Waals surface area contributed by atoms with Crippen molar-refractivity contribution in [1.82, 2.24) is 0 Å². The van der Waals surface area contributed by atoms with Crippen LogP contribution in [0.2, 0.25) is 0 Å². The summed E-state index contributed by atoms with van der Waals surface area (Å²) in [5, 5.41) is 9.50. The highest BCUT2D eigenvalue weighted by Crippen LogP contribution is 2.24. The first-order chi connectivity index (χ1) is 9.69. The first-order valence-corrected chi connectivity index (χ1v) is 7.29. The Bertz CT molecular complexity index is 438. The van der Waals surface area contributed by atoms with Crippen molar-refractivity contribution >= 4 is 5.97 Å². The second-order valence-corrected chi connectivity index (χ2v) is 5.16. The van der Waals surface area contributed by atoms with Crippen LogP contribution in [-0.4, -0.2) is 29.9 Å². The molecule has 0 amide bonds. The van der Waals surface area contributed by atoms with Gasteiger partial charge in [0.2, 0.25) is 0 Å². The maximum Gasteiger partial charge on any atom is 0.335 e. The molecule has 110 valence electrons. The van der Waals surface area contributed by atoms with Crippen LogP contribution in [0.1, 0.15) is 38.2 Å². The van der Waals surface area contributed by atoms with Crippen molar-refractivity contribution in [1.29, 1.82) is 0 Å². The largest absolute Gasteiger partial charge is 0.508 e. The molecule has 1 atom stereocenters. The van der Waals surface area contributed by atoms with Crippen LogP contribution in [0.15, 0.2) is 24.3 Å². The minimum atomic E-state index is -0.583. The zero-order valence-electron chi connectivity index (χ0n) is 11.9. The lowest BCUT2D eigenvalue weighted by Crippen LogP contribution is -2.32. The summed E-state index contributed by atoms with van der Waals surface area (Å²) >= 11 is 0. The highest BCUT2D eigenvalue weighted by Gasteiger charge is 2.27. The van der Waals surface area contributed by atoms with E-state index in [-0.39, 0.29) is 17.8 Å². The second-order valence-electron chi connectivity index (χ2n) is 5.16. The van der Waals surface area contributed by atoms with Crippen LogP contribution < -0.4 is 0 Å². The van der Waals surface area contributed by atoms with Crippen molar-refractivity contribution in [2.24, 2.45) is 0 Å². The molecule has 1 aliphatic rings. The number of aromatic hydroxyl groups is 1. The van der Waals surface area contributed by atoms with Crippen LogP contribution in [0.25, 0.3) is 0 Å². The number of carbonyl (C=O) groups excluding carboxylic acids is 1. The Hall–Kier alpha value is -1.55. The number of benzene rings is 1. The van der Waals surface area contributed by atoms with Crippen molar-refractivity contribution in [3.05, 3.63) is 29.8 Å². The van der Waals surface area contributed by atoms with Crippen LogP contribution in [0.5, 0.6) is 5.75 Å². The molecule has 0 radical (unpaired) electrons. The summed E-state index contributed by atoms with van der Waals surface area (Å²) in [6.07, 6.45) is 4.34. The van der Waals surface area contributed by atoms with E-state index in [0.717, 1.165) is 31.2 Å². The number of esters is 1. The fourth-order valence-electron chi connectivity index (χ4n) is 2.58. The molecule has 1 N–H and O–H groups in total. The molecule has 0 heterocycles. The molecule has 1 saturated carbocycles. The molecule has 4 nitrogen and oxygen atoms in total. The van der Waals surface area contributed by atoms with Crippen molar-refractivity contribution < 1.29 is 19.4 Å². The molecule has 0 spiro atoms. The molecule has 2 rings (SSSR count). The lowest BCUT2D eigenvalue weighted by Gasteiger charge is -2.20. The molecule has 1 unspecified atom stereocenters. The molecule has 0 bridgehead atoms. The Morgan fingerprint density at radius 2 is 2.15 bits per heavy atom. The predicted molar refractivity (Wildman–Crippen MR) is 75.6 cm³/mol. The van der Waals surface area contributed by atoms with Gasteiger partial charge >= 0.3 is 5.97 Å². The molecule has 0 saturated heterocycles. The van der Waals surface area contributed by atoms with Gasteiger partial charge in [-0.15, -0.1) is 0 Å². The molecule has 1 aliphatic carbocycles. The topological polar surface area (TPSA) is 55.8 Å². The average molecular weight is 278 g/mol. The van der Waals surface area contributed by atoms with Gasteiger partial charge in [0.25, 0.3) is 0 Å². The molecule has 0 aliphatic heterocycles. The highest BCUT2D eigenvalue weighted by molar-refractivity contribution is 5.75. The number of hydrogen-bond acceptors (Lipinski definition) is 4. The van der Waals surface area contributed by atoms with Gasteiger partial charge in [-0.2, -0.15) is 0 Å². The summed E-state index contributed by atoms with van der Waals surface area (Å²) in [7, 11) is 0. The van der Waals surface area contributed by atoms with E-state index in [4.69, 9.17) is 9.47 Å². The number of hydrogen-bond donors (Lipinski definition) is 1. The number of ether oxygens (including phenoxy) is 2. The van der Waals surface area contributed by atoms with Gasteiger partial charge < -0.3 is 14.6 Å². The van der Waals surface area contributed by atoms with Gasteiger partial charge in [0.15, 0.2) is 6.10 Å². The molecule has 1 aromatic carbocycles. The first kappa shape index (κ1) is 14.9. The third-order valence-electron chi connectivity index (χ3n) is 3.54. The third-order valence-corrected chi connectivity index (χ3v) is 3.54. The minimum Gasteiger partial charge on any atom is -0.508 e. The summed E-state index contributed by atoms with van der Waals surface area (Å²) in [6, 6.07) is 6.91. The van der Waals surface area contributed by atoms with Gasteiger partial charge in [-0.3, -0.25) is 0 Å². The van der Waals surface area contributed by atoms with Crippen molar-refractivity contribution in [3.63, 3.8) is 0 Å². The van der Waals surface area contributed by atoms with Gasteiger partial charge in [-0.1, -0.05) is 25.0 Å². The van der Waals surface area contributed by atoms with E-state index in [9.17, 15) is 9.90 Å². The summed E-state index contributed by atoms with van der Waals surface area (Å²) < 4.78 is 11.0. The van der Waals surface area contributed by atoms with E-state index in [1.54, 1.807) is 25.1 Å². The van der Waals surface area contributed by atoms with Gasteiger partial charge in [0.1, 0.15) is 5.75 Å². The monoisotopic (exact) mass is 278 g/mol. The molecule has 20 heavy (non-hydrogen) atoms. The summed E-state index contributed by atoms with van der Waals surface area (Å²) in [6.45, 7) is 2.14. The zero-order chi connectivity index (χ0) is 14.4. The molecule has 1 fully saturated rings.